The summed E-state index contributed by atoms with van der Waals surface area (Å²) in [6.45, 7) is 7.35. The van der Waals surface area contributed by atoms with E-state index in [1.165, 1.54) is 17.9 Å². The van der Waals surface area contributed by atoms with Crippen LogP contribution in [0, 0.1) is 17.6 Å². The number of hydrogen-bond acceptors (Lipinski definition) is 5. The van der Waals surface area contributed by atoms with Gasteiger partial charge in [-0.25, -0.2) is 13.6 Å². The minimum atomic E-state index is -1.10. The second kappa shape index (κ2) is 9.73. The second-order valence-corrected chi connectivity index (χ2v) is 8.08. The van der Waals surface area contributed by atoms with Gasteiger partial charge in [0.25, 0.3) is 5.91 Å². The van der Waals surface area contributed by atoms with Crippen LogP contribution in [0.1, 0.15) is 40.5 Å². The molecule has 1 aliphatic rings. The van der Waals surface area contributed by atoms with Gasteiger partial charge in [-0.15, -0.1) is 0 Å². The number of likely N-dealkylation sites (tertiary alicyclic amines) is 1. The summed E-state index contributed by atoms with van der Waals surface area (Å²) in [7, 11) is 0. The van der Waals surface area contributed by atoms with E-state index in [2.05, 4.69) is 10.9 Å². The van der Waals surface area contributed by atoms with Gasteiger partial charge in [-0.3, -0.25) is 20.4 Å². The van der Waals surface area contributed by atoms with Gasteiger partial charge in [0.05, 0.1) is 5.92 Å². The molecule has 8 nitrogen and oxygen atoms in total. The number of carbonyl (C=O) groups is 3. The van der Waals surface area contributed by atoms with Crippen LogP contribution < -0.4 is 15.6 Å². The van der Waals surface area contributed by atoms with Crippen molar-refractivity contribution in [2.45, 2.75) is 52.2 Å². The van der Waals surface area contributed by atoms with Gasteiger partial charge in [-0.05, 0) is 52.7 Å². The number of benzene rings is 1. The fraction of sp³-hybridized carbons (Fsp3) is 0.550. The lowest BCUT2D eigenvalue weighted by Gasteiger charge is -2.33. The van der Waals surface area contributed by atoms with E-state index in [9.17, 15) is 23.2 Å². The normalized spacial score (nSPS) is 17.7. The van der Waals surface area contributed by atoms with Crippen LogP contribution in [0.15, 0.2) is 18.2 Å². The van der Waals surface area contributed by atoms with Crippen molar-refractivity contribution in [1.29, 1.82) is 0 Å². The van der Waals surface area contributed by atoms with Crippen molar-refractivity contribution in [2.24, 2.45) is 5.92 Å². The molecule has 0 aromatic heterocycles. The van der Waals surface area contributed by atoms with Crippen LogP contribution in [0.4, 0.5) is 13.6 Å². The molecule has 0 spiro atoms. The molecule has 2 atom stereocenters. The number of ether oxygens (including phenoxy) is 2. The molecule has 0 unspecified atom stereocenters. The Balaban J connectivity index is 1.82. The highest BCUT2D eigenvalue weighted by molar-refractivity contribution is 5.86. The number of nitrogens with one attached hydrogen (secondary N) is 2. The smallest absolute Gasteiger partial charge is 0.410 e. The maximum Gasteiger partial charge on any atom is 0.410 e. The molecule has 0 radical (unpaired) electrons. The first kappa shape index (κ1) is 23.4. The quantitative estimate of drug-likeness (QED) is 0.720. The third-order valence-electron chi connectivity index (χ3n) is 4.33. The number of amides is 3. The number of halogens is 2. The predicted octanol–water partition coefficient (Wildman–Crippen LogP) is 2.53. The van der Waals surface area contributed by atoms with Crippen LogP contribution in [0.2, 0.25) is 0 Å². The van der Waals surface area contributed by atoms with Crippen molar-refractivity contribution in [3.8, 4) is 5.75 Å². The van der Waals surface area contributed by atoms with E-state index >= 15 is 0 Å². The number of piperidine rings is 1. The van der Waals surface area contributed by atoms with Crippen molar-refractivity contribution >= 4 is 17.9 Å². The molecule has 1 heterocycles. The fourth-order valence-electron chi connectivity index (χ4n) is 2.82. The predicted molar refractivity (Wildman–Crippen MR) is 103 cm³/mol. The number of rotatable bonds is 4. The zero-order valence-electron chi connectivity index (χ0n) is 17.5. The van der Waals surface area contributed by atoms with E-state index in [1.807, 2.05) is 0 Å². The lowest BCUT2D eigenvalue weighted by molar-refractivity contribution is -0.135. The molecular formula is C20H27F2N3O5. The van der Waals surface area contributed by atoms with Gasteiger partial charge in [0, 0.05) is 19.2 Å². The van der Waals surface area contributed by atoms with Gasteiger partial charge in [0.2, 0.25) is 5.91 Å². The summed E-state index contributed by atoms with van der Waals surface area (Å²) in [5.41, 5.74) is 3.92. The highest BCUT2D eigenvalue weighted by Crippen LogP contribution is 2.20. The van der Waals surface area contributed by atoms with Gasteiger partial charge in [-0.2, -0.15) is 0 Å². The number of hydrazine groups is 1. The lowest BCUT2D eigenvalue weighted by atomic mass is 9.98. The van der Waals surface area contributed by atoms with Crippen molar-refractivity contribution in [3.05, 3.63) is 29.8 Å². The molecule has 1 fully saturated rings. The Kier molecular flexibility index (Phi) is 7.58. The number of carbonyl (C=O) groups excluding carboxylic acids is 3. The fourth-order valence-corrected chi connectivity index (χ4v) is 2.82. The molecular weight excluding hydrogens is 400 g/mol. The third-order valence-corrected chi connectivity index (χ3v) is 4.33. The summed E-state index contributed by atoms with van der Waals surface area (Å²) in [6.07, 6.45) is -0.375. The summed E-state index contributed by atoms with van der Waals surface area (Å²) in [5, 5.41) is 0. The molecule has 2 rings (SSSR count). The Labute approximate surface area is 173 Å². The van der Waals surface area contributed by atoms with E-state index in [4.69, 9.17) is 9.47 Å². The lowest BCUT2D eigenvalue weighted by Crippen LogP contribution is -2.52. The molecule has 166 valence electrons. The zero-order chi connectivity index (χ0) is 22.5. The molecule has 3 amide bonds. The standard InChI is InChI=1S/C20H27F2N3O5/c1-12(29-14-7-8-15(21)16(22)10-14)17(26)23-24-18(27)13-6-5-9-25(11-13)19(28)30-20(2,3)4/h7-8,10,12-13H,5-6,9,11H2,1-4H3,(H,23,26)(H,24,27)/t12-,13+/m0/s1. The number of nitrogens with zero attached hydrogens (tertiary/aromatic N) is 1. The summed E-state index contributed by atoms with van der Waals surface area (Å²) >= 11 is 0. The Hall–Kier alpha value is -2.91. The minimum Gasteiger partial charge on any atom is -0.481 e. The van der Waals surface area contributed by atoms with Gasteiger partial charge in [0.1, 0.15) is 11.4 Å². The van der Waals surface area contributed by atoms with Crippen molar-refractivity contribution in [2.75, 3.05) is 13.1 Å². The molecule has 10 heteroatoms. The van der Waals surface area contributed by atoms with Gasteiger partial charge in [0.15, 0.2) is 17.7 Å². The zero-order valence-corrected chi connectivity index (χ0v) is 17.5. The maximum atomic E-state index is 13.2. The van der Waals surface area contributed by atoms with Crippen LogP contribution in [-0.4, -0.2) is 47.6 Å². The van der Waals surface area contributed by atoms with Crippen molar-refractivity contribution in [3.63, 3.8) is 0 Å². The monoisotopic (exact) mass is 427 g/mol. The Morgan fingerprint density at radius 1 is 1.17 bits per heavy atom. The molecule has 1 aromatic rings. The van der Waals surface area contributed by atoms with Crippen LogP contribution in [-0.2, 0) is 14.3 Å². The summed E-state index contributed by atoms with van der Waals surface area (Å²) in [5.74, 6) is -3.78. The average Bonchev–Trinajstić information content (AvgIpc) is 2.67. The first-order chi connectivity index (χ1) is 14.0. The average molecular weight is 427 g/mol. The molecule has 1 saturated heterocycles. The van der Waals surface area contributed by atoms with Crippen LogP contribution in [0.3, 0.4) is 0 Å². The molecule has 0 bridgehead atoms. The molecule has 1 aliphatic heterocycles. The SMILES string of the molecule is C[C@H](Oc1ccc(F)c(F)c1)C(=O)NNC(=O)[C@@H]1CCCN(C(=O)OC(C)(C)C)C1. The van der Waals surface area contributed by atoms with Gasteiger partial charge in [-0.1, -0.05) is 0 Å². The van der Waals surface area contributed by atoms with Crippen LogP contribution >= 0.6 is 0 Å². The van der Waals surface area contributed by atoms with Crippen molar-refractivity contribution in [1.82, 2.24) is 15.8 Å². The maximum absolute atomic E-state index is 13.2. The van der Waals surface area contributed by atoms with E-state index in [-0.39, 0.29) is 12.3 Å². The number of hydrogen-bond donors (Lipinski definition) is 2. The van der Waals surface area contributed by atoms with E-state index < -0.39 is 47.2 Å². The van der Waals surface area contributed by atoms with Crippen molar-refractivity contribution < 1.29 is 32.6 Å². The van der Waals surface area contributed by atoms with E-state index in [0.717, 1.165) is 12.1 Å². The molecule has 0 saturated carbocycles. The molecule has 30 heavy (non-hydrogen) atoms. The summed E-state index contributed by atoms with van der Waals surface area (Å²) in [4.78, 5) is 38.2. The van der Waals surface area contributed by atoms with Gasteiger partial charge >= 0.3 is 6.09 Å². The first-order valence-electron chi connectivity index (χ1n) is 9.65. The first-order valence-corrected chi connectivity index (χ1v) is 9.65. The molecule has 0 aliphatic carbocycles. The minimum absolute atomic E-state index is 0.0249. The Bertz CT molecular complexity index is 797. The molecule has 2 N–H and O–H groups in total. The Morgan fingerprint density at radius 2 is 1.87 bits per heavy atom. The largest absolute Gasteiger partial charge is 0.481 e. The van der Waals surface area contributed by atoms with E-state index in [0.29, 0.717) is 19.4 Å². The third kappa shape index (κ3) is 6.85. The van der Waals surface area contributed by atoms with Crippen LogP contribution in [0.5, 0.6) is 5.75 Å². The topological polar surface area (TPSA) is 97.0 Å². The van der Waals surface area contributed by atoms with Gasteiger partial charge < -0.3 is 14.4 Å². The second-order valence-electron chi connectivity index (χ2n) is 8.08. The highest BCUT2D eigenvalue weighted by atomic mass is 19.2. The Morgan fingerprint density at radius 3 is 2.50 bits per heavy atom. The summed E-state index contributed by atoms with van der Waals surface area (Å²) < 4.78 is 36.7. The van der Waals surface area contributed by atoms with E-state index in [1.54, 1.807) is 20.8 Å². The van der Waals surface area contributed by atoms with Crippen LogP contribution in [0.25, 0.3) is 0 Å². The summed E-state index contributed by atoms with van der Waals surface area (Å²) in [6, 6.07) is 2.90. The molecule has 1 aromatic carbocycles. The highest BCUT2D eigenvalue weighted by Gasteiger charge is 2.31.